The second-order valence-corrected chi connectivity index (χ2v) is 7.15. The maximum Gasteiger partial charge on any atom is 0.235 e. The Balaban J connectivity index is 0.00000264. The van der Waals surface area contributed by atoms with Gasteiger partial charge in [0.2, 0.25) is 15.9 Å². The van der Waals surface area contributed by atoms with Crippen LogP contribution in [0.4, 0.5) is 11.4 Å². The molecular weight excluding hydrogens is 342 g/mol. The number of nitrogens with two attached hydrogens (primary N) is 1. The Hall–Kier alpha value is -1.35. The number of hydrogen-bond donors (Lipinski definition) is 2. The van der Waals surface area contributed by atoms with E-state index in [1.54, 1.807) is 24.3 Å². The lowest BCUT2D eigenvalue weighted by molar-refractivity contribution is -0.118. The number of sulfonamides is 1. The molecule has 1 aromatic carbocycles. The SMILES string of the molecule is COC(CN)CC(=O)Nc1ccc(N2CCCS2(=O)=O)cc1.Cl. The molecule has 0 saturated carbocycles. The number of hydrogen-bond acceptors (Lipinski definition) is 5. The van der Waals surface area contributed by atoms with Crippen molar-refractivity contribution >= 4 is 39.7 Å². The van der Waals surface area contributed by atoms with Gasteiger partial charge in [0.15, 0.2) is 0 Å². The third-order valence-electron chi connectivity index (χ3n) is 3.55. The summed E-state index contributed by atoms with van der Waals surface area (Å²) in [6.07, 6.45) is 0.502. The lowest BCUT2D eigenvalue weighted by Gasteiger charge is -2.17. The second kappa shape index (κ2) is 8.49. The van der Waals surface area contributed by atoms with E-state index in [1.807, 2.05) is 0 Å². The highest BCUT2D eigenvalue weighted by Gasteiger charge is 2.28. The van der Waals surface area contributed by atoms with Crippen LogP contribution in [0.15, 0.2) is 24.3 Å². The van der Waals surface area contributed by atoms with Crippen molar-refractivity contribution in [2.24, 2.45) is 5.73 Å². The molecule has 1 amide bonds. The maximum absolute atomic E-state index is 11.8. The first-order chi connectivity index (χ1) is 10.5. The molecule has 0 aliphatic carbocycles. The number of amides is 1. The first-order valence-corrected chi connectivity index (χ1v) is 8.70. The minimum Gasteiger partial charge on any atom is -0.380 e. The van der Waals surface area contributed by atoms with Gasteiger partial charge in [-0.05, 0) is 30.7 Å². The fourth-order valence-corrected chi connectivity index (χ4v) is 3.89. The molecule has 23 heavy (non-hydrogen) atoms. The fraction of sp³-hybridized carbons (Fsp3) is 0.500. The van der Waals surface area contributed by atoms with Gasteiger partial charge in [-0.25, -0.2) is 8.42 Å². The van der Waals surface area contributed by atoms with Gasteiger partial charge >= 0.3 is 0 Å². The summed E-state index contributed by atoms with van der Waals surface area (Å²) in [6.45, 7) is 0.774. The topological polar surface area (TPSA) is 102 Å². The van der Waals surface area contributed by atoms with Crippen LogP contribution in [-0.2, 0) is 19.6 Å². The monoisotopic (exact) mass is 363 g/mol. The smallest absolute Gasteiger partial charge is 0.235 e. The number of anilines is 2. The third-order valence-corrected chi connectivity index (χ3v) is 5.42. The maximum atomic E-state index is 11.8. The van der Waals surface area contributed by atoms with Crippen molar-refractivity contribution in [2.45, 2.75) is 18.9 Å². The van der Waals surface area contributed by atoms with E-state index >= 15 is 0 Å². The normalized spacial score (nSPS) is 17.4. The molecule has 7 nitrogen and oxygen atoms in total. The van der Waals surface area contributed by atoms with Crippen molar-refractivity contribution in [1.29, 1.82) is 0 Å². The van der Waals surface area contributed by atoms with Gasteiger partial charge in [0.1, 0.15) is 0 Å². The zero-order chi connectivity index (χ0) is 16.2. The van der Waals surface area contributed by atoms with E-state index in [4.69, 9.17) is 10.5 Å². The molecule has 1 aliphatic heterocycles. The molecule has 0 bridgehead atoms. The summed E-state index contributed by atoms with van der Waals surface area (Å²) in [5.74, 6) is -0.0120. The summed E-state index contributed by atoms with van der Waals surface area (Å²) < 4.78 is 30.1. The van der Waals surface area contributed by atoms with Gasteiger partial charge in [-0.1, -0.05) is 0 Å². The number of nitrogens with zero attached hydrogens (tertiary/aromatic N) is 1. The van der Waals surface area contributed by atoms with Gasteiger partial charge in [0.25, 0.3) is 0 Å². The van der Waals surface area contributed by atoms with Crippen molar-refractivity contribution in [3.63, 3.8) is 0 Å². The van der Waals surface area contributed by atoms with E-state index in [2.05, 4.69) is 5.32 Å². The van der Waals surface area contributed by atoms with Crippen LogP contribution in [0.2, 0.25) is 0 Å². The molecule has 3 N–H and O–H groups in total. The molecule has 0 radical (unpaired) electrons. The highest BCUT2D eigenvalue weighted by Crippen LogP contribution is 2.25. The van der Waals surface area contributed by atoms with E-state index in [-0.39, 0.29) is 43.1 Å². The first kappa shape index (κ1) is 19.7. The second-order valence-electron chi connectivity index (χ2n) is 5.13. The van der Waals surface area contributed by atoms with Crippen molar-refractivity contribution in [3.05, 3.63) is 24.3 Å². The van der Waals surface area contributed by atoms with Gasteiger partial charge in [-0.2, -0.15) is 0 Å². The Morgan fingerprint density at radius 2 is 2.04 bits per heavy atom. The number of ether oxygens (including phenoxy) is 1. The lowest BCUT2D eigenvalue weighted by Crippen LogP contribution is -2.28. The summed E-state index contributed by atoms with van der Waals surface area (Å²) in [7, 11) is -1.67. The van der Waals surface area contributed by atoms with Crippen LogP contribution in [0.1, 0.15) is 12.8 Å². The molecule has 1 fully saturated rings. The van der Waals surface area contributed by atoms with Crippen LogP contribution in [0.5, 0.6) is 0 Å². The summed E-state index contributed by atoms with van der Waals surface area (Å²) in [5, 5.41) is 2.74. The summed E-state index contributed by atoms with van der Waals surface area (Å²) in [6, 6.07) is 6.75. The summed E-state index contributed by atoms with van der Waals surface area (Å²) in [5.41, 5.74) is 6.70. The van der Waals surface area contributed by atoms with E-state index in [0.717, 1.165) is 0 Å². The number of carbonyl (C=O) groups is 1. The summed E-state index contributed by atoms with van der Waals surface area (Å²) >= 11 is 0. The molecule has 1 aromatic rings. The number of nitrogens with one attached hydrogen (secondary N) is 1. The number of methoxy groups -OCH3 is 1. The molecule has 130 valence electrons. The van der Waals surface area contributed by atoms with Crippen LogP contribution in [-0.4, -0.2) is 46.4 Å². The molecule has 2 rings (SSSR count). The van der Waals surface area contributed by atoms with Crippen LogP contribution >= 0.6 is 12.4 Å². The molecule has 9 heteroatoms. The van der Waals surface area contributed by atoms with Crippen molar-refractivity contribution in [3.8, 4) is 0 Å². The number of carbonyl (C=O) groups excluding carboxylic acids is 1. The minimum absolute atomic E-state index is 0. The zero-order valence-electron chi connectivity index (χ0n) is 12.9. The minimum atomic E-state index is -3.18. The van der Waals surface area contributed by atoms with E-state index < -0.39 is 10.0 Å². The molecule has 0 spiro atoms. The average molecular weight is 364 g/mol. The Labute approximate surface area is 142 Å². The van der Waals surface area contributed by atoms with Gasteiger partial charge < -0.3 is 15.8 Å². The van der Waals surface area contributed by atoms with Crippen LogP contribution in [0.25, 0.3) is 0 Å². The Bertz CT molecular complexity index is 617. The van der Waals surface area contributed by atoms with Gasteiger partial charge in [0, 0.05) is 25.9 Å². The number of rotatable bonds is 6. The highest BCUT2D eigenvalue weighted by atomic mass is 35.5. The molecule has 1 heterocycles. The predicted molar refractivity (Wildman–Crippen MR) is 92.5 cm³/mol. The Morgan fingerprint density at radius 1 is 1.39 bits per heavy atom. The largest absolute Gasteiger partial charge is 0.380 e. The van der Waals surface area contributed by atoms with E-state index in [1.165, 1.54) is 11.4 Å². The molecule has 1 unspecified atom stereocenters. The van der Waals surface area contributed by atoms with Gasteiger partial charge in [0.05, 0.1) is 24.0 Å². The Morgan fingerprint density at radius 3 is 2.52 bits per heavy atom. The molecule has 1 saturated heterocycles. The highest BCUT2D eigenvalue weighted by molar-refractivity contribution is 7.93. The summed E-state index contributed by atoms with van der Waals surface area (Å²) in [4.78, 5) is 11.8. The first-order valence-electron chi connectivity index (χ1n) is 7.09. The Kier molecular flexibility index (Phi) is 7.27. The van der Waals surface area contributed by atoms with Crippen LogP contribution in [0.3, 0.4) is 0 Å². The van der Waals surface area contributed by atoms with Crippen molar-refractivity contribution in [2.75, 3.05) is 35.6 Å². The molecule has 0 aromatic heterocycles. The van der Waals surface area contributed by atoms with E-state index in [0.29, 0.717) is 24.3 Å². The molecule has 1 aliphatic rings. The van der Waals surface area contributed by atoms with Crippen LogP contribution < -0.4 is 15.4 Å². The fourth-order valence-electron chi connectivity index (χ4n) is 2.32. The number of benzene rings is 1. The standard InChI is InChI=1S/C14H21N3O4S.ClH/c1-21-13(10-15)9-14(18)16-11-3-5-12(6-4-11)17-7-2-8-22(17,19)20;/h3-6,13H,2,7-10,15H2,1H3,(H,16,18);1H. The van der Waals surface area contributed by atoms with Crippen molar-refractivity contribution < 1.29 is 17.9 Å². The number of halogens is 1. The molecular formula is C14H22ClN3O4S. The third kappa shape index (κ3) is 5.07. The molecule has 1 atom stereocenters. The average Bonchev–Trinajstić information content (AvgIpc) is 2.85. The van der Waals surface area contributed by atoms with Gasteiger partial charge in [-0.3, -0.25) is 9.10 Å². The van der Waals surface area contributed by atoms with Crippen molar-refractivity contribution in [1.82, 2.24) is 0 Å². The zero-order valence-corrected chi connectivity index (χ0v) is 14.5. The predicted octanol–water partition coefficient (Wildman–Crippen LogP) is 0.951. The van der Waals surface area contributed by atoms with Gasteiger partial charge in [-0.15, -0.1) is 12.4 Å². The quantitative estimate of drug-likeness (QED) is 0.783. The van der Waals surface area contributed by atoms with E-state index in [9.17, 15) is 13.2 Å². The lowest BCUT2D eigenvalue weighted by atomic mass is 10.2. The van der Waals surface area contributed by atoms with Crippen LogP contribution in [0, 0.1) is 0 Å².